The minimum Gasteiger partial charge on any atom is -0.481 e. The van der Waals surface area contributed by atoms with Crippen LogP contribution in [0.4, 0.5) is 8.78 Å². The molecule has 0 saturated carbocycles. The number of hydrogen-bond acceptors (Lipinski definition) is 8. The molecular weight excluding hydrogens is 859 g/mol. The predicted molar refractivity (Wildman–Crippen MR) is 245 cm³/mol. The fraction of sp³-hybridized carbons (Fsp3) is 0.479. The van der Waals surface area contributed by atoms with Crippen molar-refractivity contribution in [2.45, 2.75) is 105 Å². The lowest BCUT2D eigenvalue weighted by Crippen LogP contribution is -2.54. The molecule has 0 aliphatic carbocycles. The summed E-state index contributed by atoms with van der Waals surface area (Å²) in [5, 5.41) is 17.5. The third-order valence-electron chi connectivity index (χ3n) is 10.9. The number of nitrogens with zero attached hydrogens (tertiary/aromatic N) is 3. The molecule has 1 aliphatic heterocycles. The van der Waals surface area contributed by atoms with Gasteiger partial charge in [-0.15, -0.1) is 0 Å². The first kappa shape index (κ1) is 51.8. The highest BCUT2D eigenvalue weighted by Crippen LogP contribution is 2.41. The number of carbonyl (C=O) groups excluding carboxylic acids is 6. The Labute approximate surface area is 383 Å². The third-order valence-corrected chi connectivity index (χ3v) is 11.8. The number of carboxylic acids is 1. The van der Waals surface area contributed by atoms with Gasteiger partial charge >= 0.3 is 5.97 Å². The highest BCUT2D eigenvalue weighted by atomic mass is 32.2. The normalized spacial score (nSPS) is 14.0. The van der Waals surface area contributed by atoms with E-state index < -0.39 is 53.0 Å². The van der Waals surface area contributed by atoms with Gasteiger partial charge in [0.1, 0.15) is 23.7 Å². The molecule has 0 fully saturated rings. The molecular formula is C48H62F2N6O8S. The molecule has 6 amide bonds. The maximum atomic E-state index is 15.2. The number of imide groups is 1. The number of aromatic nitrogens is 1. The number of carbonyl (C=O) groups is 7. The zero-order valence-corrected chi connectivity index (χ0v) is 38.9. The minimum atomic E-state index is -0.981. The largest absolute Gasteiger partial charge is 0.481 e. The van der Waals surface area contributed by atoms with Crippen molar-refractivity contribution in [3.8, 4) is 11.1 Å². The maximum Gasteiger partial charge on any atom is 0.304 e. The van der Waals surface area contributed by atoms with Gasteiger partial charge in [-0.3, -0.25) is 38.5 Å². The molecule has 0 spiro atoms. The number of hydrogen-bond donors (Lipinski definition) is 4. The number of aliphatic carboxylic acids is 1. The van der Waals surface area contributed by atoms with E-state index in [1.807, 2.05) is 55.7 Å². The standard InChI is InChI=1S/C48H62F2N6O8S/c1-31(2)44(53-39(57)16-11-8-12-23-55-40(58)19-20-41(55)59)47(64)52-32(3)46(63)51-22-13-24-56(42(60)30-65-25-21-43(61)62)45(48(4,5)6)38-26-34(36-27-35(49)17-18-37(36)50)29-54(38)28-33-14-9-7-10-15-33/h7,9-10,14-15,17-20,26-27,29,31-32,44-45H,8,11-13,16,21-25,28,30H2,1-6H3,(H,51,63)(H,52,64)(H,53,57)(H,61,62)/t32-,44-,45-/m0/s1. The van der Waals surface area contributed by atoms with E-state index in [9.17, 15) is 43.1 Å². The summed E-state index contributed by atoms with van der Waals surface area (Å²) < 4.78 is 31.7. The summed E-state index contributed by atoms with van der Waals surface area (Å²) >= 11 is 1.19. The molecule has 65 heavy (non-hydrogen) atoms. The Morgan fingerprint density at radius 3 is 2.18 bits per heavy atom. The van der Waals surface area contributed by atoms with Gasteiger partial charge in [0.05, 0.1) is 18.2 Å². The Balaban J connectivity index is 1.44. The van der Waals surface area contributed by atoms with Crippen molar-refractivity contribution in [2.75, 3.05) is 31.1 Å². The monoisotopic (exact) mass is 920 g/mol. The van der Waals surface area contributed by atoms with Crippen LogP contribution in [0.15, 0.2) is 72.9 Å². The van der Waals surface area contributed by atoms with Crippen LogP contribution in [0.2, 0.25) is 0 Å². The van der Waals surface area contributed by atoms with Crippen LogP contribution in [0.25, 0.3) is 11.1 Å². The minimum absolute atomic E-state index is 0.0192. The molecule has 14 nitrogen and oxygen atoms in total. The predicted octanol–water partition coefficient (Wildman–Crippen LogP) is 6.24. The first-order valence-electron chi connectivity index (χ1n) is 22.0. The molecule has 0 saturated heterocycles. The van der Waals surface area contributed by atoms with E-state index in [0.717, 1.165) is 28.7 Å². The molecule has 0 radical (unpaired) electrons. The van der Waals surface area contributed by atoms with Crippen LogP contribution in [-0.4, -0.2) is 104 Å². The highest BCUT2D eigenvalue weighted by Gasteiger charge is 2.37. The van der Waals surface area contributed by atoms with Crippen molar-refractivity contribution in [3.63, 3.8) is 0 Å². The van der Waals surface area contributed by atoms with E-state index in [1.54, 1.807) is 31.0 Å². The molecule has 4 rings (SSSR count). The van der Waals surface area contributed by atoms with Crippen LogP contribution in [0.5, 0.6) is 0 Å². The zero-order valence-electron chi connectivity index (χ0n) is 38.0. The van der Waals surface area contributed by atoms with Gasteiger partial charge in [-0.05, 0) is 67.3 Å². The van der Waals surface area contributed by atoms with E-state index >= 15 is 4.39 Å². The molecule has 1 aliphatic rings. The summed E-state index contributed by atoms with van der Waals surface area (Å²) in [6.45, 7) is 11.9. The molecule has 2 heterocycles. The number of halogens is 2. The molecule has 3 atom stereocenters. The van der Waals surface area contributed by atoms with Gasteiger partial charge in [0.2, 0.25) is 23.6 Å². The number of nitrogens with one attached hydrogen (secondary N) is 3. The van der Waals surface area contributed by atoms with Gasteiger partial charge < -0.3 is 30.5 Å². The van der Waals surface area contributed by atoms with Crippen molar-refractivity contribution in [3.05, 3.63) is 95.8 Å². The fourth-order valence-corrected chi connectivity index (χ4v) is 8.36. The Bertz CT molecular complexity index is 2170. The number of benzene rings is 2. The summed E-state index contributed by atoms with van der Waals surface area (Å²) in [5.41, 5.74) is 1.48. The number of thioether (sulfide) groups is 1. The Morgan fingerprint density at radius 1 is 0.846 bits per heavy atom. The van der Waals surface area contributed by atoms with E-state index in [1.165, 1.54) is 30.8 Å². The van der Waals surface area contributed by atoms with Crippen LogP contribution in [0.3, 0.4) is 0 Å². The highest BCUT2D eigenvalue weighted by molar-refractivity contribution is 7.99. The number of carboxylic acid groups (broad SMARTS) is 1. The van der Waals surface area contributed by atoms with Crippen LogP contribution in [0, 0.1) is 23.0 Å². The second-order valence-electron chi connectivity index (χ2n) is 17.6. The first-order valence-corrected chi connectivity index (χ1v) is 23.1. The van der Waals surface area contributed by atoms with Gasteiger partial charge in [0.15, 0.2) is 0 Å². The van der Waals surface area contributed by atoms with Crippen molar-refractivity contribution >= 4 is 53.2 Å². The fourth-order valence-electron chi connectivity index (χ4n) is 7.56. The maximum absolute atomic E-state index is 15.2. The second-order valence-corrected chi connectivity index (χ2v) is 18.7. The Kier molecular flexibility index (Phi) is 19.5. The molecule has 4 N–H and O–H groups in total. The van der Waals surface area contributed by atoms with Crippen LogP contribution in [0.1, 0.15) is 97.4 Å². The van der Waals surface area contributed by atoms with Crippen LogP contribution < -0.4 is 16.0 Å². The topological polar surface area (TPSA) is 187 Å². The average Bonchev–Trinajstić information content (AvgIpc) is 3.79. The number of unbranched alkanes of at least 4 members (excludes halogenated alkanes) is 2. The second kappa shape index (κ2) is 24.4. The van der Waals surface area contributed by atoms with Gasteiger partial charge in [-0.2, -0.15) is 11.8 Å². The van der Waals surface area contributed by atoms with Crippen LogP contribution in [-0.2, 0) is 40.1 Å². The lowest BCUT2D eigenvalue weighted by Gasteiger charge is -2.41. The first-order chi connectivity index (χ1) is 30.8. The third kappa shape index (κ3) is 15.7. The summed E-state index contributed by atoms with van der Waals surface area (Å²) in [6.07, 6.45) is 6.12. The van der Waals surface area contributed by atoms with Crippen LogP contribution >= 0.6 is 11.8 Å². The summed E-state index contributed by atoms with van der Waals surface area (Å²) in [6, 6.07) is 12.1. The smallest absolute Gasteiger partial charge is 0.304 e. The molecule has 3 aromatic rings. The summed E-state index contributed by atoms with van der Waals surface area (Å²) in [4.78, 5) is 91.3. The SMILES string of the molecule is CC(C)[C@H](NC(=O)CCCCCN1C(=O)C=CC1=O)C(=O)N[C@@H](C)C(=O)NCCCN(C(=O)CSCCC(=O)O)[C@@H](c1cc(-c2cc(F)ccc2F)cn1Cc1ccccc1)C(C)(C)C. The molecule has 17 heteroatoms. The summed E-state index contributed by atoms with van der Waals surface area (Å²) in [7, 11) is 0. The van der Waals surface area contributed by atoms with E-state index in [0.29, 0.717) is 43.5 Å². The van der Waals surface area contributed by atoms with E-state index in [4.69, 9.17) is 0 Å². The van der Waals surface area contributed by atoms with Gasteiger partial charge in [0.25, 0.3) is 11.8 Å². The van der Waals surface area contributed by atoms with Gasteiger partial charge in [-0.25, -0.2) is 8.78 Å². The lowest BCUT2D eigenvalue weighted by molar-refractivity contribution is -0.138. The average molecular weight is 921 g/mol. The van der Waals surface area contributed by atoms with Crippen molar-refractivity contribution in [1.29, 1.82) is 0 Å². The van der Waals surface area contributed by atoms with E-state index in [-0.39, 0.29) is 79.1 Å². The van der Waals surface area contributed by atoms with Crippen molar-refractivity contribution in [2.24, 2.45) is 11.3 Å². The molecule has 0 unspecified atom stereocenters. The Morgan fingerprint density at radius 2 is 1.54 bits per heavy atom. The van der Waals surface area contributed by atoms with E-state index in [2.05, 4.69) is 16.0 Å². The molecule has 1 aromatic heterocycles. The van der Waals surface area contributed by atoms with Crippen molar-refractivity contribution < 1.29 is 47.4 Å². The van der Waals surface area contributed by atoms with Crippen molar-refractivity contribution in [1.82, 2.24) is 30.3 Å². The summed E-state index contributed by atoms with van der Waals surface area (Å²) in [5.74, 6) is -4.62. The molecule has 2 aromatic carbocycles. The lowest BCUT2D eigenvalue weighted by atomic mass is 9.83. The molecule has 0 bridgehead atoms. The number of amides is 6. The van der Waals surface area contributed by atoms with Gasteiger partial charge in [-0.1, -0.05) is 71.4 Å². The van der Waals surface area contributed by atoms with Gasteiger partial charge in [0, 0.05) is 73.5 Å². The zero-order chi connectivity index (χ0) is 47.8. The number of rotatable bonds is 25. The Hall–Kier alpha value is -5.84. The quantitative estimate of drug-likeness (QED) is 0.0564. The molecule has 352 valence electrons.